The van der Waals surface area contributed by atoms with Gasteiger partial charge in [0.15, 0.2) is 11.8 Å². The van der Waals surface area contributed by atoms with Gasteiger partial charge in [0.25, 0.3) is 0 Å². The highest BCUT2D eigenvalue weighted by atomic mass is 19.4. The number of rotatable bonds is 6. The van der Waals surface area contributed by atoms with Crippen molar-refractivity contribution >= 4 is 11.6 Å². The number of hydrogen-bond donors (Lipinski definition) is 1. The van der Waals surface area contributed by atoms with E-state index >= 15 is 0 Å². The number of alkyl halides is 3. The summed E-state index contributed by atoms with van der Waals surface area (Å²) in [6.07, 6.45) is -6.51. The van der Waals surface area contributed by atoms with Crippen molar-refractivity contribution in [3.8, 4) is 28.3 Å². The van der Waals surface area contributed by atoms with Gasteiger partial charge >= 0.3 is 12.3 Å². The Hall–Kier alpha value is -3.92. The second kappa shape index (κ2) is 9.27. The Balaban J connectivity index is 2.08. The van der Waals surface area contributed by atoms with E-state index in [-0.39, 0.29) is 22.5 Å². The van der Waals surface area contributed by atoms with Gasteiger partial charge in [0.05, 0.1) is 17.0 Å². The lowest BCUT2D eigenvalue weighted by molar-refractivity contribution is -0.274. The Kier molecular flexibility index (Phi) is 6.48. The summed E-state index contributed by atoms with van der Waals surface area (Å²) in [5, 5.41) is 14.7. The number of hydrogen-bond acceptors (Lipinski definition) is 5. The number of halogens is 3. The lowest BCUT2D eigenvalue weighted by Gasteiger charge is -2.28. The molecule has 0 spiro atoms. The third-order valence-corrected chi connectivity index (χ3v) is 5.22. The van der Waals surface area contributed by atoms with Crippen LogP contribution in [0.4, 0.5) is 13.2 Å². The summed E-state index contributed by atoms with van der Waals surface area (Å²) in [6.45, 7) is 6.65. The maximum absolute atomic E-state index is 13.3. The third-order valence-electron chi connectivity index (χ3n) is 5.22. The second-order valence-electron chi connectivity index (χ2n) is 9.12. The minimum absolute atomic E-state index is 0.00760. The van der Waals surface area contributed by atoms with Crippen molar-refractivity contribution in [3.63, 3.8) is 0 Å². The molecule has 0 radical (unpaired) electrons. The van der Waals surface area contributed by atoms with E-state index in [1.165, 1.54) is 22.7 Å². The molecule has 2 aromatic carbocycles. The smallest absolute Gasteiger partial charge is 0.479 e. The van der Waals surface area contributed by atoms with Gasteiger partial charge in [0, 0.05) is 28.5 Å². The number of para-hydroxylation sites is 1. The van der Waals surface area contributed by atoms with Crippen LogP contribution in [0.5, 0.6) is 5.75 Å². The van der Waals surface area contributed by atoms with Crippen LogP contribution in [-0.4, -0.2) is 37.6 Å². The molecule has 0 fully saturated rings. The molecule has 7 nitrogen and oxygen atoms in total. The summed E-state index contributed by atoms with van der Waals surface area (Å²) < 4.78 is 51.4. The van der Waals surface area contributed by atoms with E-state index in [0.29, 0.717) is 11.3 Å². The minimum Gasteiger partial charge on any atom is -0.479 e. The molecule has 0 saturated heterocycles. The summed E-state index contributed by atoms with van der Waals surface area (Å²) in [6, 6.07) is 16.4. The number of nitrogens with zero attached hydrogens (tertiary/aromatic N) is 3. The van der Waals surface area contributed by atoms with Crippen molar-refractivity contribution in [1.82, 2.24) is 14.6 Å². The average Bonchev–Trinajstić information content (AvgIpc) is 3.20. The van der Waals surface area contributed by atoms with Gasteiger partial charge in [0.1, 0.15) is 5.75 Å². The van der Waals surface area contributed by atoms with Gasteiger partial charge in [-0.3, -0.25) is 0 Å². The van der Waals surface area contributed by atoms with Crippen LogP contribution in [0.25, 0.3) is 28.2 Å². The second-order valence-corrected chi connectivity index (χ2v) is 9.12. The fourth-order valence-electron chi connectivity index (χ4n) is 3.92. The quantitative estimate of drug-likeness (QED) is 0.339. The molecule has 1 unspecified atom stereocenters. The number of benzene rings is 2. The molecular formula is C26H24F3N3O4. The van der Waals surface area contributed by atoms with Crippen LogP contribution < -0.4 is 4.74 Å². The molecule has 2 heterocycles. The van der Waals surface area contributed by atoms with Gasteiger partial charge in [-0.15, -0.1) is 13.2 Å². The predicted octanol–water partition coefficient (Wildman–Crippen LogP) is 6.21. The molecule has 0 aliphatic carbocycles. The standard InChI is InChI=1S/C26H24F3N3O4/c1-15-21(23(24(33)34)36-25(2,3)4)22(17-12-8-9-13-19(17)35-26(27,28)29)32-20(30-15)14-18(31-32)16-10-6-5-7-11-16/h5-14,23H,1-4H3,(H,33,34). The molecule has 4 rings (SSSR count). The Morgan fingerprint density at radius 2 is 1.67 bits per heavy atom. The van der Waals surface area contributed by atoms with Crippen molar-refractivity contribution in [2.75, 3.05) is 0 Å². The van der Waals surface area contributed by atoms with Gasteiger partial charge in [-0.2, -0.15) is 5.10 Å². The molecular weight excluding hydrogens is 475 g/mol. The van der Waals surface area contributed by atoms with Crippen molar-refractivity contribution in [2.24, 2.45) is 0 Å². The van der Waals surface area contributed by atoms with Crippen LogP contribution in [0.1, 0.15) is 38.1 Å². The van der Waals surface area contributed by atoms with Crippen LogP contribution in [0.2, 0.25) is 0 Å². The maximum Gasteiger partial charge on any atom is 0.573 e. The Morgan fingerprint density at radius 3 is 2.28 bits per heavy atom. The summed E-state index contributed by atoms with van der Waals surface area (Å²) in [5.41, 5.74) is 1.13. The summed E-state index contributed by atoms with van der Waals surface area (Å²) >= 11 is 0. The van der Waals surface area contributed by atoms with Crippen LogP contribution in [0.3, 0.4) is 0 Å². The molecule has 10 heteroatoms. The van der Waals surface area contributed by atoms with Gasteiger partial charge in [-0.1, -0.05) is 42.5 Å². The predicted molar refractivity (Wildman–Crippen MR) is 126 cm³/mol. The molecule has 1 N–H and O–H groups in total. The Morgan fingerprint density at radius 1 is 1.03 bits per heavy atom. The number of carbonyl (C=O) groups is 1. The number of aryl methyl sites for hydroxylation is 1. The highest BCUT2D eigenvalue weighted by Gasteiger charge is 2.36. The summed E-state index contributed by atoms with van der Waals surface area (Å²) in [5.74, 6) is -1.82. The van der Waals surface area contributed by atoms with Crippen molar-refractivity contribution in [1.29, 1.82) is 0 Å². The SMILES string of the molecule is Cc1nc2cc(-c3ccccc3)nn2c(-c2ccccc2OC(F)(F)F)c1C(OC(C)(C)C)C(=O)O. The molecule has 0 bridgehead atoms. The van der Waals surface area contributed by atoms with E-state index in [0.717, 1.165) is 11.6 Å². The number of aromatic nitrogens is 3. The zero-order chi connectivity index (χ0) is 26.3. The zero-order valence-corrected chi connectivity index (χ0v) is 20.0. The molecule has 2 aromatic heterocycles. The van der Waals surface area contributed by atoms with Gasteiger partial charge in [-0.25, -0.2) is 14.3 Å². The van der Waals surface area contributed by atoms with Gasteiger partial charge in [0.2, 0.25) is 0 Å². The van der Waals surface area contributed by atoms with E-state index < -0.39 is 29.8 Å². The molecule has 0 aliphatic rings. The van der Waals surface area contributed by atoms with Crippen molar-refractivity contribution < 1.29 is 32.5 Å². The first-order valence-corrected chi connectivity index (χ1v) is 11.1. The van der Waals surface area contributed by atoms with Crippen LogP contribution in [0, 0.1) is 6.92 Å². The fourth-order valence-corrected chi connectivity index (χ4v) is 3.92. The highest BCUT2D eigenvalue weighted by molar-refractivity contribution is 5.82. The molecule has 4 aromatic rings. The van der Waals surface area contributed by atoms with E-state index in [2.05, 4.69) is 14.8 Å². The summed E-state index contributed by atoms with van der Waals surface area (Å²) in [4.78, 5) is 16.9. The molecule has 0 amide bonds. The molecule has 1 atom stereocenters. The Bertz CT molecular complexity index is 1410. The maximum atomic E-state index is 13.3. The van der Waals surface area contributed by atoms with E-state index in [1.807, 2.05) is 30.3 Å². The molecule has 0 saturated carbocycles. The Labute approximate surface area is 205 Å². The largest absolute Gasteiger partial charge is 0.573 e. The molecule has 36 heavy (non-hydrogen) atoms. The summed E-state index contributed by atoms with van der Waals surface area (Å²) in [7, 11) is 0. The van der Waals surface area contributed by atoms with Gasteiger partial charge in [-0.05, 0) is 39.8 Å². The first-order valence-electron chi connectivity index (χ1n) is 11.1. The lowest BCUT2D eigenvalue weighted by Crippen LogP contribution is -2.29. The van der Waals surface area contributed by atoms with Crippen LogP contribution >= 0.6 is 0 Å². The molecule has 0 aliphatic heterocycles. The third kappa shape index (κ3) is 5.33. The first-order chi connectivity index (χ1) is 16.8. The fraction of sp³-hybridized carbons (Fsp3) is 0.269. The van der Waals surface area contributed by atoms with Crippen LogP contribution in [-0.2, 0) is 9.53 Å². The lowest BCUT2D eigenvalue weighted by atomic mass is 9.98. The monoisotopic (exact) mass is 499 g/mol. The average molecular weight is 499 g/mol. The van der Waals surface area contributed by atoms with E-state index in [4.69, 9.17) is 4.74 Å². The number of carboxylic acids is 1. The highest BCUT2D eigenvalue weighted by Crippen LogP contribution is 2.41. The minimum atomic E-state index is -4.97. The van der Waals surface area contributed by atoms with Gasteiger partial charge < -0.3 is 14.6 Å². The number of ether oxygens (including phenoxy) is 2. The number of carboxylic acid groups (broad SMARTS) is 1. The number of aliphatic carboxylic acids is 1. The van der Waals surface area contributed by atoms with Crippen molar-refractivity contribution in [2.45, 2.75) is 45.8 Å². The zero-order valence-electron chi connectivity index (χ0n) is 20.0. The van der Waals surface area contributed by atoms with Crippen LogP contribution in [0.15, 0.2) is 60.7 Å². The van der Waals surface area contributed by atoms with E-state index in [1.54, 1.807) is 33.8 Å². The van der Waals surface area contributed by atoms with Crippen molar-refractivity contribution in [3.05, 3.63) is 71.9 Å². The first kappa shape index (κ1) is 25.2. The van der Waals surface area contributed by atoms with E-state index in [9.17, 15) is 23.1 Å². The molecule has 188 valence electrons. The normalized spacial score (nSPS) is 13.1. The topological polar surface area (TPSA) is 86.0 Å². The number of fused-ring (bicyclic) bond motifs is 1.